The maximum absolute atomic E-state index is 12.2. The zero-order valence-electron chi connectivity index (χ0n) is 15.9. The molecule has 2 aromatic rings. The van der Waals surface area contributed by atoms with Crippen molar-refractivity contribution in [1.82, 2.24) is 4.72 Å². The molecule has 0 bridgehead atoms. The second-order valence-corrected chi connectivity index (χ2v) is 8.58. The monoisotopic (exact) mass is 426 g/mol. The lowest BCUT2D eigenvalue weighted by Crippen LogP contribution is -2.27. The lowest BCUT2D eigenvalue weighted by molar-refractivity contribution is -0.118. The molecule has 0 aliphatic rings. The smallest absolute Gasteiger partial charge is 0.262 e. The summed E-state index contributed by atoms with van der Waals surface area (Å²) in [6.07, 6.45) is 0. The van der Waals surface area contributed by atoms with Gasteiger partial charge < -0.3 is 14.8 Å². The van der Waals surface area contributed by atoms with Crippen LogP contribution in [0.15, 0.2) is 47.4 Å². The van der Waals surface area contributed by atoms with E-state index in [1.165, 1.54) is 31.4 Å². The average Bonchev–Trinajstić information content (AvgIpc) is 2.65. The molecule has 0 atom stereocenters. The third kappa shape index (κ3) is 6.40. The van der Waals surface area contributed by atoms with Gasteiger partial charge in [-0.15, -0.1) is 0 Å². The van der Waals surface area contributed by atoms with E-state index >= 15 is 0 Å². The van der Waals surface area contributed by atoms with Crippen LogP contribution in [0.3, 0.4) is 0 Å². The van der Waals surface area contributed by atoms with Gasteiger partial charge in [0.1, 0.15) is 11.5 Å². The number of carbonyl (C=O) groups is 1. The quantitative estimate of drug-likeness (QED) is 0.641. The van der Waals surface area contributed by atoms with Crippen LogP contribution in [0.2, 0.25) is 5.02 Å². The summed E-state index contributed by atoms with van der Waals surface area (Å²) in [4.78, 5) is 12.1. The first kappa shape index (κ1) is 22.0. The predicted octanol–water partition coefficient (Wildman–Crippen LogP) is 3.30. The number of hydrogen-bond donors (Lipinski definition) is 2. The Morgan fingerprint density at radius 2 is 1.82 bits per heavy atom. The van der Waals surface area contributed by atoms with Gasteiger partial charge in [-0.25, -0.2) is 13.1 Å². The number of nitrogens with one attached hydrogen (secondary N) is 2. The number of sulfonamides is 1. The van der Waals surface area contributed by atoms with Gasteiger partial charge in [-0.3, -0.25) is 4.79 Å². The number of ether oxygens (including phenoxy) is 2. The van der Waals surface area contributed by atoms with E-state index in [1.54, 1.807) is 18.2 Å². The molecule has 0 radical (unpaired) electrons. The SMILES string of the molecule is COc1ccc(NC(=O)COc2ccc(S(=O)(=O)NCC(C)C)cc2)cc1Cl. The van der Waals surface area contributed by atoms with Gasteiger partial charge in [-0.2, -0.15) is 0 Å². The van der Waals surface area contributed by atoms with Crippen LogP contribution < -0.4 is 19.5 Å². The third-order valence-electron chi connectivity index (χ3n) is 3.62. The molecular weight excluding hydrogens is 404 g/mol. The lowest BCUT2D eigenvalue weighted by atomic mass is 10.2. The molecule has 0 aliphatic heterocycles. The fraction of sp³-hybridized carbons (Fsp3) is 0.316. The van der Waals surface area contributed by atoms with E-state index < -0.39 is 10.0 Å². The molecule has 0 saturated heterocycles. The molecule has 0 unspecified atom stereocenters. The first-order valence-corrected chi connectivity index (χ1v) is 10.4. The predicted molar refractivity (Wildman–Crippen MR) is 109 cm³/mol. The van der Waals surface area contributed by atoms with Crippen LogP contribution in [0.4, 0.5) is 5.69 Å². The minimum Gasteiger partial charge on any atom is -0.495 e. The molecule has 0 aliphatic carbocycles. The van der Waals surface area contributed by atoms with Crippen LogP contribution >= 0.6 is 11.6 Å². The molecule has 2 rings (SSSR count). The fourth-order valence-corrected chi connectivity index (χ4v) is 3.64. The van der Waals surface area contributed by atoms with E-state index in [0.29, 0.717) is 28.8 Å². The highest BCUT2D eigenvalue weighted by Gasteiger charge is 2.14. The van der Waals surface area contributed by atoms with Gasteiger partial charge in [-0.05, 0) is 48.4 Å². The van der Waals surface area contributed by atoms with Crippen LogP contribution in [-0.2, 0) is 14.8 Å². The van der Waals surface area contributed by atoms with Crippen molar-refractivity contribution in [1.29, 1.82) is 0 Å². The van der Waals surface area contributed by atoms with Crippen LogP contribution in [0, 0.1) is 5.92 Å². The molecule has 28 heavy (non-hydrogen) atoms. The number of carbonyl (C=O) groups excluding carboxylic acids is 1. The molecule has 0 spiro atoms. The first-order chi connectivity index (χ1) is 13.2. The highest BCUT2D eigenvalue weighted by Crippen LogP contribution is 2.27. The van der Waals surface area contributed by atoms with E-state index in [0.717, 1.165) is 0 Å². The van der Waals surface area contributed by atoms with Crippen LogP contribution in [0.5, 0.6) is 11.5 Å². The zero-order chi connectivity index (χ0) is 20.7. The van der Waals surface area contributed by atoms with Crippen molar-refractivity contribution in [2.24, 2.45) is 5.92 Å². The van der Waals surface area contributed by atoms with Crippen LogP contribution in [-0.4, -0.2) is 34.6 Å². The first-order valence-electron chi connectivity index (χ1n) is 8.57. The molecule has 0 aromatic heterocycles. The standard InChI is InChI=1S/C19H23ClN2O5S/c1-13(2)11-21-28(24,25)16-7-5-15(6-8-16)27-12-19(23)22-14-4-9-18(26-3)17(20)10-14/h4-10,13,21H,11-12H2,1-3H3,(H,22,23). The van der Waals surface area contributed by atoms with E-state index in [9.17, 15) is 13.2 Å². The molecule has 2 N–H and O–H groups in total. The number of halogens is 1. The van der Waals surface area contributed by atoms with E-state index in [1.807, 2.05) is 13.8 Å². The number of hydrogen-bond acceptors (Lipinski definition) is 5. The Kier molecular flexibility index (Phi) is 7.68. The van der Waals surface area contributed by atoms with Gasteiger partial charge in [-0.1, -0.05) is 25.4 Å². The minimum atomic E-state index is -3.56. The Balaban J connectivity index is 1.90. The van der Waals surface area contributed by atoms with E-state index in [4.69, 9.17) is 21.1 Å². The number of methoxy groups -OCH3 is 1. The normalized spacial score (nSPS) is 11.3. The molecule has 9 heteroatoms. The second kappa shape index (κ2) is 9.77. The summed E-state index contributed by atoms with van der Waals surface area (Å²) < 4.78 is 37.3. The van der Waals surface area contributed by atoms with Crippen LogP contribution in [0.1, 0.15) is 13.8 Å². The van der Waals surface area contributed by atoms with E-state index in [2.05, 4.69) is 10.0 Å². The van der Waals surface area contributed by atoms with Crippen molar-refractivity contribution in [2.75, 3.05) is 25.6 Å². The molecular formula is C19H23ClN2O5S. The van der Waals surface area contributed by atoms with Gasteiger partial charge in [0.25, 0.3) is 5.91 Å². The number of anilines is 1. The zero-order valence-corrected chi connectivity index (χ0v) is 17.4. The highest BCUT2D eigenvalue weighted by molar-refractivity contribution is 7.89. The summed E-state index contributed by atoms with van der Waals surface area (Å²) in [7, 11) is -2.06. The third-order valence-corrected chi connectivity index (χ3v) is 5.36. The Hall–Kier alpha value is -2.29. The van der Waals surface area contributed by atoms with Gasteiger partial charge in [0.2, 0.25) is 10.0 Å². The van der Waals surface area contributed by atoms with E-state index in [-0.39, 0.29) is 23.3 Å². The van der Waals surface area contributed by atoms with Gasteiger partial charge in [0.05, 0.1) is 17.0 Å². The molecule has 0 saturated carbocycles. The highest BCUT2D eigenvalue weighted by atomic mass is 35.5. The van der Waals surface area contributed by atoms with Crippen molar-refractivity contribution in [3.8, 4) is 11.5 Å². The molecule has 0 heterocycles. The average molecular weight is 427 g/mol. The summed E-state index contributed by atoms with van der Waals surface area (Å²) in [5.41, 5.74) is 0.511. The summed E-state index contributed by atoms with van der Waals surface area (Å²) in [6.45, 7) is 3.96. The number of benzene rings is 2. The minimum absolute atomic E-state index is 0.137. The lowest BCUT2D eigenvalue weighted by Gasteiger charge is -2.11. The molecule has 152 valence electrons. The summed E-state index contributed by atoms with van der Waals surface area (Å²) >= 11 is 6.02. The Bertz CT molecular complexity index is 914. The van der Waals surface area contributed by atoms with Gasteiger partial charge in [0.15, 0.2) is 6.61 Å². The molecule has 7 nitrogen and oxygen atoms in total. The Morgan fingerprint density at radius 1 is 1.14 bits per heavy atom. The Labute approximate surface area is 170 Å². The van der Waals surface area contributed by atoms with Crippen molar-refractivity contribution >= 4 is 33.2 Å². The van der Waals surface area contributed by atoms with Crippen LogP contribution in [0.25, 0.3) is 0 Å². The summed E-state index contributed by atoms with van der Waals surface area (Å²) in [5.74, 6) is 0.715. The van der Waals surface area contributed by atoms with Crippen molar-refractivity contribution < 1.29 is 22.7 Å². The van der Waals surface area contributed by atoms with Gasteiger partial charge in [0, 0.05) is 12.2 Å². The van der Waals surface area contributed by atoms with Crippen molar-refractivity contribution in [3.63, 3.8) is 0 Å². The second-order valence-electron chi connectivity index (χ2n) is 6.40. The Morgan fingerprint density at radius 3 is 2.39 bits per heavy atom. The largest absolute Gasteiger partial charge is 0.495 e. The molecule has 0 fully saturated rings. The van der Waals surface area contributed by atoms with Gasteiger partial charge >= 0.3 is 0 Å². The topological polar surface area (TPSA) is 93.7 Å². The van der Waals surface area contributed by atoms with Crippen molar-refractivity contribution in [2.45, 2.75) is 18.7 Å². The van der Waals surface area contributed by atoms with Crippen molar-refractivity contribution in [3.05, 3.63) is 47.5 Å². The molecule has 1 amide bonds. The maximum Gasteiger partial charge on any atom is 0.262 e. The number of rotatable bonds is 9. The summed E-state index contributed by atoms with van der Waals surface area (Å²) in [6, 6.07) is 10.7. The fourth-order valence-electron chi connectivity index (χ4n) is 2.16. The maximum atomic E-state index is 12.2. The summed E-state index contributed by atoms with van der Waals surface area (Å²) in [5, 5.41) is 3.04. The number of amides is 1. The molecule has 2 aromatic carbocycles.